The van der Waals surface area contributed by atoms with Crippen LogP contribution < -0.4 is 5.32 Å². The van der Waals surface area contributed by atoms with Crippen LogP contribution in [0.4, 0.5) is 10.5 Å². The van der Waals surface area contributed by atoms with Crippen molar-refractivity contribution < 1.29 is 4.79 Å². The molecule has 1 N–H and O–H groups in total. The Morgan fingerprint density at radius 3 is 2.74 bits per heavy atom. The lowest BCUT2D eigenvalue weighted by molar-refractivity contribution is 0.00493. The molecule has 4 saturated heterocycles. The number of pyridine rings is 1. The summed E-state index contributed by atoms with van der Waals surface area (Å²) in [4.78, 5) is 22.2. The first-order valence-corrected chi connectivity index (χ1v) is 10.5. The second kappa shape index (κ2) is 6.91. The second-order valence-corrected chi connectivity index (χ2v) is 8.76. The maximum absolute atomic E-state index is 13.2. The number of hydrogen-bond acceptors (Lipinski definition) is 3. The van der Waals surface area contributed by atoms with Gasteiger partial charge in [0.15, 0.2) is 0 Å². The molecule has 6 rings (SSSR count). The molecule has 5 nitrogen and oxygen atoms in total. The number of nitrogens with one attached hydrogen (secondary N) is 1. The maximum atomic E-state index is 13.2. The second-order valence-electron chi connectivity index (χ2n) is 7.84. The van der Waals surface area contributed by atoms with E-state index in [0.717, 1.165) is 29.8 Å². The third kappa shape index (κ3) is 3.05. The topological polar surface area (TPSA) is 48.5 Å². The van der Waals surface area contributed by atoms with E-state index in [-0.39, 0.29) is 6.03 Å². The molecular weight excluding hydrogens is 404 g/mol. The summed E-state index contributed by atoms with van der Waals surface area (Å²) >= 11 is 3.48. The summed E-state index contributed by atoms with van der Waals surface area (Å²) in [6.07, 6.45) is 6.19. The van der Waals surface area contributed by atoms with Crippen LogP contribution in [-0.4, -0.2) is 52.5 Å². The zero-order chi connectivity index (χ0) is 18.4. The van der Waals surface area contributed by atoms with Crippen molar-refractivity contribution in [3.63, 3.8) is 0 Å². The molecular formula is C21H23BrN4O. The summed E-state index contributed by atoms with van der Waals surface area (Å²) in [7, 11) is 0. The van der Waals surface area contributed by atoms with E-state index in [0.29, 0.717) is 23.9 Å². The molecule has 2 bridgehead atoms. The van der Waals surface area contributed by atoms with Crippen molar-refractivity contribution >= 4 is 27.6 Å². The van der Waals surface area contributed by atoms with E-state index in [1.54, 1.807) is 0 Å². The van der Waals surface area contributed by atoms with Crippen molar-refractivity contribution in [1.29, 1.82) is 0 Å². The van der Waals surface area contributed by atoms with Gasteiger partial charge in [-0.15, -0.1) is 0 Å². The van der Waals surface area contributed by atoms with Crippen LogP contribution in [0.15, 0.2) is 53.3 Å². The number of benzene rings is 1. The lowest BCUT2D eigenvalue weighted by atomic mass is 9.75. The van der Waals surface area contributed by atoms with Crippen molar-refractivity contribution in [2.45, 2.75) is 30.8 Å². The zero-order valence-electron chi connectivity index (χ0n) is 15.1. The average molecular weight is 427 g/mol. The van der Waals surface area contributed by atoms with Crippen LogP contribution in [0.2, 0.25) is 0 Å². The number of likely N-dealkylation sites (tertiary alicyclic amines) is 1. The molecule has 1 aromatic heterocycles. The van der Waals surface area contributed by atoms with E-state index >= 15 is 0 Å². The Morgan fingerprint density at radius 2 is 2.00 bits per heavy atom. The van der Waals surface area contributed by atoms with Gasteiger partial charge in [-0.25, -0.2) is 4.79 Å². The fourth-order valence-electron chi connectivity index (χ4n) is 5.30. The number of aromatic nitrogens is 1. The number of amides is 2. The van der Waals surface area contributed by atoms with Gasteiger partial charge in [-0.2, -0.15) is 0 Å². The first-order valence-electron chi connectivity index (χ1n) is 9.68. The Balaban J connectivity index is 1.44. The van der Waals surface area contributed by atoms with Crippen molar-refractivity contribution in [2.75, 3.05) is 25.0 Å². The molecule has 2 aromatic rings. The number of anilines is 1. The smallest absolute Gasteiger partial charge is 0.319 e. The van der Waals surface area contributed by atoms with E-state index < -0.39 is 0 Å². The number of piperidine rings is 3. The molecule has 27 heavy (non-hydrogen) atoms. The van der Waals surface area contributed by atoms with Gasteiger partial charge in [-0.1, -0.05) is 28.1 Å². The molecule has 4 fully saturated rings. The van der Waals surface area contributed by atoms with Crippen LogP contribution in [0.1, 0.15) is 24.3 Å². The first-order chi connectivity index (χ1) is 13.2. The van der Waals surface area contributed by atoms with Crippen LogP contribution in [0, 0.1) is 5.92 Å². The van der Waals surface area contributed by atoms with Crippen molar-refractivity contribution in [2.24, 2.45) is 5.92 Å². The van der Waals surface area contributed by atoms with Gasteiger partial charge in [0.2, 0.25) is 0 Å². The quantitative estimate of drug-likeness (QED) is 0.790. The van der Waals surface area contributed by atoms with E-state index in [4.69, 9.17) is 0 Å². The highest BCUT2D eigenvalue weighted by atomic mass is 79.9. The molecule has 5 heterocycles. The summed E-state index contributed by atoms with van der Waals surface area (Å²) in [6, 6.07) is 12.7. The molecule has 0 radical (unpaired) electrons. The normalized spacial score (nSPS) is 31.6. The minimum absolute atomic E-state index is 0.0169. The van der Waals surface area contributed by atoms with Crippen LogP contribution in [0.5, 0.6) is 0 Å². The number of hydrogen-bond donors (Lipinski definition) is 1. The van der Waals surface area contributed by atoms with Crippen LogP contribution in [-0.2, 0) is 0 Å². The standard InChI is InChI=1S/C21H23BrN4O/c22-16-4-1-5-17(11-16)24-21(27)26-13-18(15-3-2-8-23-12-15)20-19(26)14-6-9-25(20)10-7-14/h1-5,8,11-12,14,18-20H,6-7,9-10,13H2,(H,24,27). The number of urea groups is 1. The van der Waals surface area contributed by atoms with Gasteiger partial charge < -0.3 is 10.2 Å². The van der Waals surface area contributed by atoms with E-state index in [1.807, 2.05) is 42.7 Å². The molecule has 3 atom stereocenters. The Labute approximate surface area is 167 Å². The molecule has 4 aliphatic rings. The first kappa shape index (κ1) is 17.2. The molecule has 0 saturated carbocycles. The molecule has 1 aromatic carbocycles. The monoisotopic (exact) mass is 426 g/mol. The summed E-state index contributed by atoms with van der Waals surface area (Å²) in [5, 5.41) is 3.11. The highest BCUT2D eigenvalue weighted by molar-refractivity contribution is 9.10. The Hall–Kier alpha value is -1.92. The summed E-state index contributed by atoms with van der Waals surface area (Å²) in [5.41, 5.74) is 2.08. The lowest BCUT2D eigenvalue weighted by Gasteiger charge is -2.51. The highest BCUT2D eigenvalue weighted by Crippen LogP contribution is 2.46. The largest absolute Gasteiger partial charge is 0.322 e. The lowest BCUT2D eigenvalue weighted by Crippen LogP contribution is -2.61. The van der Waals surface area contributed by atoms with Crippen LogP contribution in [0.3, 0.4) is 0 Å². The number of carbonyl (C=O) groups is 1. The number of fused-ring (bicyclic) bond motifs is 2. The third-order valence-corrected chi connectivity index (χ3v) is 6.94. The van der Waals surface area contributed by atoms with Crippen LogP contribution >= 0.6 is 15.9 Å². The zero-order valence-corrected chi connectivity index (χ0v) is 16.7. The van der Waals surface area contributed by atoms with Crippen molar-refractivity contribution in [1.82, 2.24) is 14.8 Å². The van der Waals surface area contributed by atoms with Gasteiger partial charge in [0, 0.05) is 41.1 Å². The molecule has 0 aliphatic carbocycles. The van der Waals surface area contributed by atoms with E-state index in [1.165, 1.54) is 18.4 Å². The molecule has 0 spiro atoms. The number of halogens is 1. The van der Waals surface area contributed by atoms with Gasteiger partial charge >= 0.3 is 6.03 Å². The summed E-state index contributed by atoms with van der Waals surface area (Å²) < 4.78 is 0.968. The Morgan fingerprint density at radius 1 is 1.15 bits per heavy atom. The molecule has 3 unspecified atom stereocenters. The minimum atomic E-state index is 0.0169. The van der Waals surface area contributed by atoms with Crippen molar-refractivity contribution in [3.05, 3.63) is 58.8 Å². The van der Waals surface area contributed by atoms with Crippen molar-refractivity contribution in [3.8, 4) is 0 Å². The number of carbonyl (C=O) groups excluding carboxylic acids is 1. The van der Waals surface area contributed by atoms with Crippen LogP contribution in [0.25, 0.3) is 0 Å². The fraction of sp³-hybridized carbons (Fsp3) is 0.429. The molecule has 2 amide bonds. The minimum Gasteiger partial charge on any atom is -0.319 e. The van der Waals surface area contributed by atoms with Gasteiger partial charge in [0.25, 0.3) is 0 Å². The predicted molar refractivity (Wildman–Crippen MR) is 109 cm³/mol. The maximum Gasteiger partial charge on any atom is 0.322 e. The SMILES string of the molecule is O=C(Nc1cccc(Br)c1)N1CC(c2cccnc2)C2C1C1CCN2CC1. The van der Waals surface area contributed by atoms with Gasteiger partial charge in [-0.3, -0.25) is 9.88 Å². The van der Waals surface area contributed by atoms with Gasteiger partial charge in [-0.05, 0) is 61.7 Å². The predicted octanol–water partition coefficient (Wildman–Crippen LogP) is 3.94. The molecule has 4 aliphatic heterocycles. The van der Waals surface area contributed by atoms with Gasteiger partial charge in [0.05, 0.1) is 6.04 Å². The summed E-state index contributed by atoms with van der Waals surface area (Å²) in [5.74, 6) is 0.940. The third-order valence-electron chi connectivity index (χ3n) is 6.44. The molecule has 6 heteroatoms. The fourth-order valence-corrected chi connectivity index (χ4v) is 5.70. The summed E-state index contributed by atoms with van der Waals surface area (Å²) in [6.45, 7) is 3.07. The number of rotatable bonds is 2. The number of nitrogens with zero attached hydrogens (tertiary/aromatic N) is 3. The highest BCUT2D eigenvalue weighted by Gasteiger charge is 2.54. The molecule has 140 valence electrons. The van der Waals surface area contributed by atoms with E-state index in [2.05, 4.69) is 42.1 Å². The van der Waals surface area contributed by atoms with Gasteiger partial charge in [0.1, 0.15) is 0 Å². The Bertz CT molecular complexity index is 837. The average Bonchev–Trinajstić information content (AvgIpc) is 3.13. The Kier molecular flexibility index (Phi) is 4.40. The van der Waals surface area contributed by atoms with E-state index in [9.17, 15) is 4.79 Å².